The second-order valence-corrected chi connectivity index (χ2v) is 7.87. The van der Waals surface area contributed by atoms with Gasteiger partial charge in [0, 0.05) is 17.7 Å². The Morgan fingerprint density at radius 2 is 2.11 bits per heavy atom. The molecule has 2 heterocycles. The molecular formula is C19H23N5O2S. The van der Waals surface area contributed by atoms with E-state index in [1.54, 1.807) is 30.6 Å². The van der Waals surface area contributed by atoms with E-state index in [9.17, 15) is 9.90 Å². The zero-order valence-electron chi connectivity index (χ0n) is 15.8. The van der Waals surface area contributed by atoms with Crippen molar-refractivity contribution in [1.82, 2.24) is 14.6 Å². The molecule has 0 saturated heterocycles. The van der Waals surface area contributed by atoms with Crippen LogP contribution in [0.15, 0.2) is 35.5 Å². The van der Waals surface area contributed by atoms with E-state index in [0.29, 0.717) is 17.8 Å². The molecule has 0 bridgehead atoms. The molecule has 0 aliphatic carbocycles. The number of carbonyl (C=O) groups excluding carboxylic acids is 1. The molecule has 1 amide bonds. The molecule has 0 radical (unpaired) electrons. The van der Waals surface area contributed by atoms with Crippen molar-refractivity contribution < 1.29 is 9.90 Å². The topological polar surface area (TPSA) is 106 Å². The number of hydrogen-bond donors (Lipinski definition) is 3. The molecule has 0 aliphatic rings. The van der Waals surface area contributed by atoms with Crippen LogP contribution in [0.25, 0.3) is 16.9 Å². The van der Waals surface area contributed by atoms with Gasteiger partial charge in [-0.05, 0) is 50.8 Å². The first-order valence-electron chi connectivity index (χ1n) is 8.49. The maximum absolute atomic E-state index is 11.5. The van der Waals surface area contributed by atoms with Crippen LogP contribution in [-0.4, -0.2) is 44.0 Å². The molecule has 0 aliphatic heterocycles. The Morgan fingerprint density at radius 3 is 2.70 bits per heavy atom. The van der Waals surface area contributed by atoms with Gasteiger partial charge in [0.15, 0.2) is 5.65 Å². The molecular weight excluding hydrogens is 362 g/mol. The van der Waals surface area contributed by atoms with Crippen molar-refractivity contribution in [3.63, 3.8) is 0 Å². The number of imidazole rings is 1. The Kier molecular flexibility index (Phi) is 5.12. The van der Waals surface area contributed by atoms with Crippen LogP contribution in [0.2, 0.25) is 0 Å². The van der Waals surface area contributed by atoms with Gasteiger partial charge in [0.1, 0.15) is 5.03 Å². The van der Waals surface area contributed by atoms with Crippen LogP contribution in [0.1, 0.15) is 29.8 Å². The van der Waals surface area contributed by atoms with Crippen LogP contribution in [0, 0.1) is 6.92 Å². The van der Waals surface area contributed by atoms with Crippen molar-refractivity contribution in [3.05, 3.63) is 41.6 Å². The summed E-state index contributed by atoms with van der Waals surface area (Å²) in [5.74, 6) is -0.446. The van der Waals surface area contributed by atoms with E-state index in [4.69, 9.17) is 5.73 Å². The van der Waals surface area contributed by atoms with Gasteiger partial charge in [-0.25, -0.2) is 9.50 Å². The van der Waals surface area contributed by atoms with Crippen LogP contribution in [-0.2, 0) is 0 Å². The van der Waals surface area contributed by atoms with E-state index >= 15 is 0 Å². The molecule has 8 heteroatoms. The van der Waals surface area contributed by atoms with Gasteiger partial charge < -0.3 is 16.2 Å². The summed E-state index contributed by atoms with van der Waals surface area (Å²) in [6.45, 7) is 5.72. The lowest BCUT2D eigenvalue weighted by Gasteiger charge is -2.19. The SMILES string of the molecule is CSc1cc(NCC(C)(C)O)c2ncc(-c3ccc(C(N)=O)c(C)c3)n2n1. The molecule has 3 rings (SSSR count). The molecule has 142 valence electrons. The molecule has 0 fully saturated rings. The predicted molar refractivity (Wildman–Crippen MR) is 108 cm³/mol. The van der Waals surface area contributed by atoms with Gasteiger partial charge in [-0.15, -0.1) is 11.8 Å². The normalized spacial score (nSPS) is 11.7. The highest BCUT2D eigenvalue weighted by atomic mass is 32.2. The van der Waals surface area contributed by atoms with Crippen LogP contribution in [0.3, 0.4) is 0 Å². The van der Waals surface area contributed by atoms with Gasteiger partial charge >= 0.3 is 0 Å². The summed E-state index contributed by atoms with van der Waals surface area (Å²) in [6, 6.07) is 7.39. The highest BCUT2D eigenvalue weighted by Gasteiger charge is 2.17. The number of anilines is 1. The number of nitrogens with one attached hydrogen (secondary N) is 1. The van der Waals surface area contributed by atoms with E-state index in [1.807, 2.05) is 31.4 Å². The molecule has 4 N–H and O–H groups in total. The summed E-state index contributed by atoms with van der Waals surface area (Å²) < 4.78 is 1.78. The number of nitrogens with zero attached hydrogens (tertiary/aromatic N) is 3. The molecule has 1 aromatic carbocycles. The lowest BCUT2D eigenvalue weighted by atomic mass is 10.0. The minimum atomic E-state index is -0.850. The maximum Gasteiger partial charge on any atom is 0.248 e. The Hall–Kier alpha value is -2.58. The fourth-order valence-electron chi connectivity index (χ4n) is 2.78. The molecule has 0 spiro atoms. The number of benzene rings is 1. The summed E-state index contributed by atoms with van der Waals surface area (Å²) in [5.41, 5.74) is 9.02. The molecule has 0 atom stereocenters. The number of thioether (sulfide) groups is 1. The summed E-state index contributed by atoms with van der Waals surface area (Å²) in [5, 5.41) is 18.7. The molecule has 2 aromatic heterocycles. The van der Waals surface area contributed by atoms with Crippen LogP contribution in [0.5, 0.6) is 0 Å². The number of hydrogen-bond acceptors (Lipinski definition) is 6. The minimum Gasteiger partial charge on any atom is -0.389 e. The van der Waals surface area contributed by atoms with Gasteiger partial charge in [-0.3, -0.25) is 4.79 Å². The molecule has 7 nitrogen and oxygen atoms in total. The van der Waals surface area contributed by atoms with Gasteiger partial charge in [0.2, 0.25) is 5.91 Å². The predicted octanol–water partition coefficient (Wildman–Crippen LogP) is 2.71. The minimum absolute atomic E-state index is 0.384. The smallest absolute Gasteiger partial charge is 0.248 e. The quantitative estimate of drug-likeness (QED) is 0.564. The number of carbonyl (C=O) groups is 1. The van der Waals surface area contributed by atoms with Crippen LogP contribution < -0.4 is 11.1 Å². The highest BCUT2D eigenvalue weighted by molar-refractivity contribution is 7.98. The zero-order chi connectivity index (χ0) is 19.8. The van der Waals surface area contributed by atoms with Gasteiger partial charge in [-0.1, -0.05) is 6.07 Å². The first-order chi connectivity index (χ1) is 12.7. The zero-order valence-corrected chi connectivity index (χ0v) is 16.6. The van der Waals surface area contributed by atoms with Gasteiger partial charge in [-0.2, -0.15) is 5.10 Å². The second kappa shape index (κ2) is 7.21. The average molecular weight is 385 g/mol. The van der Waals surface area contributed by atoms with Gasteiger partial charge in [0.25, 0.3) is 0 Å². The fourth-order valence-corrected chi connectivity index (χ4v) is 3.18. The number of amides is 1. The van der Waals surface area contributed by atoms with E-state index in [2.05, 4.69) is 15.4 Å². The summed E-state index contributed by atoms with van der Waals surface area (Å²) in [4.78, 5) is 16.0. The third kappa shape index (κ3) is 4.06. The number of nitrogens with two attached hydrogens (primary N) is 1. The van der Waals surface area contributed by atoms with Crippen molar-refractivity contribution in [3.8, 4) is 11.3 Å². The molecule has 3 aromatic rings. The van der Waals surface area contributed by atoms with E-state index in [0.717, 1.165) is 27.5 Å². The Bertz CT molecular complexity index is 1010. The van der Waals surface area contributed by atoms with Crippen LogP contribution >= 0.6 is 11.8 Å². The fraction of sp³-hybridized carbons (Fsp3) is 0.316. The summed E-state index contributed by atoms with van der Waals surface area (Å²) in [7, 11) is 0. The van der Waals surface area contributed by atoms with Crippen molar-refractivity contribution in [1.29, 1.82) is 0 Å². The largest absolute Gasteiger partial charge is 0.389 e. The van der Waals surface area contributed by atoms with E-state index < -0.39 is 11.5 Å². The van der Waals surface area contributed by atoms with E-state index in [1.165, 1.54) is 11.8 Å². The first kappa shape index (κ1) is 19.2. The Labute approximate surface area is 162 Å². The molecule has 27 heavy (non-hydrogen) atoms. The van der Waals surface area contributed by atoms with Crippen molar-refractivity contribution >= 4 is 29.0 Å². The lowest BCUT2D eigenvalue weighted by molar-refractivity contribution is 0.0944. The van der Waals surface area contributed by atoms with Crippen LogP contribution in [0.4, 0.5) is 5.69 Å². The average Bonchev–Trinajstić information content (AvgIpc) is 3.02. The van der Waals surface area contributed by atoms with Crippen molar-refractivity contribution in [2.24, 2.45) is 5.73 Å². The first-order valence-corrected chi connectivity index (χ1v) is 9.72. The number of aliphatic hydroxyl groups is 1. The summed E-state index contributed by atoms with van der Waals surface area (Å²) >= 11 is 1.52. The maximum atomic E-state index is 11.5. The number of aryl methyl sites for hydroxylation is 1. The highest BCUT2D eigenvalue weighted by Crippen LogP contribution is 2.28. The third-order valence-electron chi connectivity index (χ3n) is 4.15. The Balaban J connectivity index is 2.10. The number of aromatic nitrogens is 3. The summed E-state index contributed by atoms with van der Waals surface area (Å²) in [6.07, 6.45) is 3.71. The second-order valence-electron chi connectivity index (χ2n) is 7.04. The van der Waals surface area contributed by atoms with E-state index in [-0.39, 0.29) is 0 Å². The number of rotatable bonds is 6. The lowest BCUT2D eigenvalue weighted by Crippen LogP contribution is -2.29. The molecule has 0 saturated carbocycles. The Morgan fingerprint density at radius 1 is 1.37 bits per heavy atom. The molecule has 0 unspecified atom stereocenters. The monoisotopic (exact) mass is 385 g/mol. The van der Waals surface area contributed by atoms with Crippen molar-refractivity contribution in [2.45, 2.75) is 31.4 Å². The number of fused-ring (bicyclic) bond motifs is 1. The standard InChI is InChI=1S/C19H23N5O2S/c1-11-7-12(5-6-13(11)17(20)25)15-9-21-18-14(22-10-19(2,3)26)8-16(27-4)23-24(15)18/h5-9,22,26H,10H2,1-4H3,(H2,20,25). The van der Waals surface area contributed by atoms with Gasteiger partial charge in [0.05, 0.1) is 23.2 Å². The van der Waals surface area contributed by atoms with Crippen molar-refractivity contribution in [2.75, 3.05) is 18.1 Å². The number of primary amides is 1. The third-order valence-corrected chi connectivity index (χ3v) is 4.77.